The molecule has 0 saturated carbocycles. The van der Waals surface area contributed by atoms with Gasteiger partial charge < -0.3 is 14.2 Å². The summed E-state index contributed by atoms with van der Waals surface area (Å²) in [5.74, 6) is 1.03. The largest absolute Gasteiger partial charge is 0.466 e. The predicted octanol–water partition coefficient (Wildman–Crippen LogP) is 1.87. The third-order valence-electron chi connectivity index (χ3n) is 2.75. The van der Waals surface area contributed by atoms with Crippen molar-refractivity contribution in [2.24, 2.45) is 0 Å². The summed E-state index contributed by atoms with van der Waals surface area (Å²) in [5, 5.41) is 0. The number of benzene rings is 1. The molecule has 0 unspecified atom stereocenters. The lowest BCUT2D eigenvalue weighted by molar-refractivity contribution is -0.144. The predicted molar refractivity (Wildman–Crippen MR) is 67.1 cm³/mol. The number of ketones is 1. The normalized spacial score (nSPS) is 12.3. The van der Waals surface area contributed by atoms with Crippen LogP contribution in [0.4, 0.5) is 0 Å². The van der Waals surface area contributed by atoms with Gasteiger partial charge >= 0.3 is 5.97 Å². The Morgan fingerprint density at radius 3 is 2.79 bits per heavy atom. The van der Waals surface area contributed by atoms with Crippen LogP contribution in [0.5, 0.6) is 11.5 Å². The summed E-state index contributed by atoms with van der Waals surface area (Å²) >= 11 is 0. The zero-order valence-electron chi connectivity index (χ0n) is 10.8. The van der Waals surface area contributed by atoms with E-state index < -0.39 is 0 Å². The van der Waals surface area contributed by atoms with E-state index in [9.17, 15) is 9.59 Å². The fourth-order valence-electron chi connectivity index (χ4n) is 1.84. The van der Waals surface area contributed by atoms with Crippen LogP contribution in [0.2, 0.25) is 0 Å². The van der Waals surface area contributed by atoms with Gasteiger partial charge in [-0.05, 0) is 24.6 Å². The molecule has 0 amide bonds. The Morgan fingerprint density at radius 1 is 1.21 bits per heavy atom. The van der Waals surface area contributed by atoms with Gasteiger partial charge in [0, 0.05) is 12.8 Å². The number of Topliss-reactive ketones (excluding diaryl/α,β-unsaturated/α-hetero) is 1. The molecule has 0 bridgehead atoms. The molecule has 0 atom stereocenters. The molecule has 1 aromatic rings. The SMILES string of the molecule is CCOC(=O)CCC(=O)Cc1ccc2c(c1)OCO2. The number of carbonyl (C=O) groups is 2. The smallest absolute Gasteiger partial charge is 0.306 e. The van der Waals surface area contributed by atoms with E-state index in [-0.39, 0.29) is 37.8 Å². The highest BCUT2D eigenvalue weighted by atomic mass is 16.7. The highest BCUT2D eigenvalue weighted by molar-refractivity contribution is 5.84. The van der Waals surface area contributed by atoms with Crippen LogP contribution in [0.3, 0.4) is 0 Å². The zero-order valence-corrected chi connectivity index (χ0v) is 10.8. The minimum absolute atomic E-state index is 0.00641. The molecule has 1 aliphatic rings. The van der Waals surface area contributed by atoms with Crippen molar-refractivity contribution in [2.45, 2.75) is 26.2 Å². The van der Waals surface area contributed by atoms with Gasteiger partial charge in [0.1, 0.15) is 5.78 Å². The number of esters is 1. The van der Waals surface area contributed by atoms with E-state index in [4.69, 9.17) is 14.2 Å². The minimum atomic E-state index is -0.332. The first kappa shape index (κ1) is 13.4. The molecule has 0 saturated heterocycles. The van der Waals surface area contributed by atoms with Gasteiger partial charge in [-0.3, -0.25) is 9.59 Å². The van der Waals surface area contributed by atoms with Gasteiger partial charge in [-0.25, -0.2) is 0 Å². The van der Waals surface area contributed by atoms with E-state index in [1.54, 1.807) is 19.1 Å². The van der Waals surface area contributed by atoms with E-state index in [2.05, 4.69) is 0 Å². The average molecular weight is 264 g/mol. The summed E-state index contributed by atoms with van der Waals surface area (Å²) in [6, 6.07) is 5.41. The Bertz CT molecular complexity index is 481. The van der Waals surface area contributed by atoms with Gasteiger partial charge in [-0.15, -0.1) is 0 Å². The van der Waals surface area contributed by atoms with Gasteiger partial charge in [-0.1, -0.05) is 6.07 Å². The fourth-order valence-corrected chi connectivity index (χ4v) is 1.84. The van der Waals surface area contributed by atoms with Crippen LogP contribution >= 0.6 is 0 Å². The summed E-state index contributed by atoms with van der Waals surface area (Å²) in [6.45, 7) is 2.30. The summed E-state index contributed by atoms with van der Waals surface area (Å²) in [4.78, 5) is 22.9. The second-order valence-corrected chi connectivity index (χ2v) is 4.21. The molecular formula is C14H16O5. The van der Waals surface area contributed by atoms with Gasteiger partial charge in [0.25, 0.3) is 0 Å². The average Bonchev–Trinajstić information content (AvgIpc) is 2.84. The number of ether oxygens (including phenoxy) is 3. The Balaban J connectivity index is 1.84. The zero-order chi connectivity index (χ0) is 13.7. The molecule has 0 radical (unpaired) electrons. The van der Waals surface area contributed by atoms with E-state index in [0.29, 0.717) is 18.1 Å². The number of rotatable bonds is 6. The van der Waals surface area contributed by atoms with Crippen LogP contribution in [0.25, 0.3) is 0 Å². The van der Waals surface area contributed by atoms with Crippen molar-refractivity contribution in [2.75, 3.05) is 13.4 Å². The first-order chi connectivity index (χ1) is 9.19. The van der Waals surface area contributed by atoms with Gasteiger partial charge in [-0.2, -0.15) is 0 Å². The summed E-state index contributed by atoms with van der Waals surface area (Å²) in [6.07, 6.45) is 0.626. The molecule has 0 aromatic heterocycles. The Kier molecular flexibility index (Phi) is 4.39. The molecule has 0 fully saturated rings. The number of carbonyl (C=O) groups excluding carboxylic acids is 2. The Labute approximate surface area is 111 Å². The quantitative estimate of drug-likeness (QED) is 0.734. The van der Waals surface area contributed by atoms with E-state index in [0.717, 1.165) is 5.56 Å². The Hall–Kier alpha value is -2.04. The van der Waals surface area contributed by atoms with Crippen molar-refractivity contribution >= 4 is 11.8 Å². The van der Waals surface area contributed by atoms with Crippen LogP contribution in [-0.4, -0.2) is 25.2 Å². The summed E-state index contributed by atoms with van der Waals surface area (Å²) in [5.41, 5.74) is 0.859. The van der Waals surface area contributed by atoms with Gasteiger partial charge in [0.15, 0.2) is 11.5 Å². The van der Waals surface area contributed by atoms with E-state index in [1.165, 1.54) is 0 Å². The van der Waals surface area contributed by atoms with Crippen molar-refractivity contribution in [1.82, 2.24) is 0 Å². The van der Waals surface area contributed by atoms with E-state index >= 15 is 0 Å². The van der Waals surface area contributed by atoms with Crippen LogP contribution in [0.15, 0.2) is 18.2 Å². The topological polar surface area (TPSA) is 61.8 Å². The fraction of sp³-hybridized carbons (Fsp3) is 0.429. The van der Waals surface area contributed by atoms with Gasteiger partial charge in [0.05, 0.1) is 13.0 Å². The number of fused-ring (bicyclic) bond motifs is 1. The third kappa shape index (κ3) is 3.71. The molecule has 0 aliphatic carbocycles. The van der Waals surface area contributed by atoms with Crippen LogP contribution in [0.1, 0.15) is 25.3 Å². The highest BCUT2D eigenvalue weighted by Crippen LogP contribution is 2.32. The molecule has 0 N–H and O–H groups in total. The molecule has 1 aromatic carbocycles. The lowest BCUT2D eigenvalue weighted by atomic mass is 10.1. The minimum Gasteiger partial charge on any atom is -0.466 e. The Morgan fingerprint density at radius 2 is 2.00 bits per heavy atom. The van der Waals surface area contributed by atoms with E-state index in [1.807, 2.05) is 6.07 Å². The van der Waals surface area contributed by atoms with Gasteiger partial charge in [0.2, 0.25) is 6.79 Å². The molecule has 5 heteroatoms. The van der Waals surface area contributed by atoms with Crippen molar-refractivity contribution in [3.05, 3.63) is 23.8 Å². The maximum absolute atomic E-state index is 11.7. The molecule has 1 aliphatic heterocycles. The lowest BCUT2D eigenvalue weighted by Crippen LogP contribution is -2.09. The van der Waals surface area contributed by atoms with Crippen molar-refractivity contribution < 1.29 is 23.8 Å². The first-order valence-electron chi connectivity index (χ1n) is 6.25. The second-order valence-electron chi connectivity index (χ2n) is 4.21. The first-order valence-corrected chi connectivity index (χ1v) is 6.25. The van der Waals surface area contributed by atoms with Crippen LogP contribution in [0, 0.1) is 0 Å². The van der Waals surface area contributed by atoms with Crippen molar-refractivity contribution in [1.29, 1.82) is 0 Å². The maximum Gasteiger partial charge on any atom is 0.306 e. The van der Waals surface area contributed by atoms with Crippen LogP contribution < -0.4 is 9.47 Å². The molecular weight excluding hydrogens is 248 g/mol. The van der Waals surface area contributed by atoms with Crippen molar-refractivity contribution in [3.63, 3.8) is 0 Å². The van der Waals surface area contributed by atoms with Crippen molar-refractivity contribution in [3.8, 4) is 11.5 Å². The molecule has 5 nitrogen and oxygen atoms in total. The molecule has 0 spiro atoms. The summed E-state index contributed by atoms with van der Waals surface area (Å²) in [7, 11) is 0. The third-order valence-corrected chi connectivity index (χ3v) is 2.75. The monoisotopic (exact) mass is 264 g/mol. The van der Waals surface area contributed by atoms with Crippen LogP contribution in [-0.2, 0) is 20.7 Å². The molecule has 19 heavy (non-hydrogen) atoms. The standard InChI is InChI=1S/C14H16O5/c1-2-17-14(16)6-4-11(15)7-10-3-5-12-13(8-10)19-9-18-12/h3,5,8H,2,4,6-7,9H2,1H3. The molecule has 102 valence electrons. The maximum atomic E-state index is 11.7. The second kappa shape index (κ2) is 6.22. The highest BCUT2D eigenvalue weighted by Gasteiger charge is 2.15. The number of hydrogen-bond acceptors (Lipinski definition) is 5. The lowest BCUT2D eigenvalue weighted by Gasteiger charge is -2.03. The summed E-state index contributed by atoms with van der Waals surface area (Å²) < 4.78 is 15.2. The molecule has 2 rings (SSSR count). The molecule has 1 heterocycles. The number of hydrogen-bond donors (Lipinski definition) is 0.